The van der Waals surface area contributed by atoms with Gasteiger partial charge >= 0.3 is 11.9 Å². The number of rotatable bonds is 4. The highest BCUT2D eigenvalue weighted by atomic mass is 35.5. The van der Waals surface area contributed by atoms with Crippen LogP contribution in [0.3, 0.4) is 0 Å². The van der Waals surface area contributed by atoms with Crippen molar-refractivity contribution in [3.8, 4) is 0 Å². The van der Waals surface area contributed by atoms with Gasteiger partial charge in [0.1, 0.15) is 11.1 Å². The maximum Gasteiger partial charge on any atom is 0.408 e. The lowest BCUT2D eigenvalue weighted by Gasteiger charge is -2.28. The van der Waals surface area contributed by atoms with Crippen LogP contribution in [0.15, 0.2) is 46.2 Å². The summed E-state index contributed by atoms with van der Waals surface area (Å²) in [7, 11) is 2.78. The molecule has 3 rings (SSSR count). The number of aryl methyl sites for hydroxylation is 1. The van der Waals surface area contributed by atoms with Crippen molar-refractivity contribution in [2.45, 2.75) is 17.2 Å². The van der Waals surface area contributed by atoms with E-state index < -0.39 is 17.9 Å². The molecular formula is C15H13ClF3N5OS. The molecule has 1 aromatic carbocycles. The quantitative estimate of drug-likeness (QED) is 0.625. The first-order chi connectivity index (χ1) is 12.2. The van der Waals surface area contributed by atoms with Gasteiger partial charge in [-0.2, -0.15) is 22.8 Å². The molecule has 3 aromatic rings. The predicted molar refractivity (Wildman–Crippen MR) is 92.1 cm³/mol. The lowest BCUT2D eigenvalue weighted by molar-refractivity contribution is -0.169. The van der Waals surface area contributed by atoms with E-state index in [2.05, 4.69) is 10.2 Å². The number of nitrogens with zero attached hydrogens (tertiary/aromatic N) is 5. The summed E-state index contributed by atoms with van der Waals surface area (Å²) < 4.78 is 44.0. The van der Waals surface area contributed by atoms with Gasteiger partial charge in [0.15, 0.2) is 5.65 Å². The summed E-state index contributed by atoms with van der Waals surface area (Å²) in [4.78, 5) is 11.9. The van der Waals surface area contributed by atoms with Crippen molar-refractivity contribution in [1.29, 1.82) is 0 Å². The third-order valence-corrected chi connectivity index (χ3v) is 4.75. The fraction of sp³-hybridized carbons (Fsp3) is 0.267. The van der Waals surface area contributed by atoms with Crippen molar-refractivity contribution < 1.29 is 13.2 Å². The van der Waals surface area contributed by atoms with Crippen LogP contribution in [-0.4, -0.2) is 36.9 Å². The smallest absolute Gasteiger partial charge is 0.244 e. The molecule has 11 heteroatoms. The third kappa shape index (κ3) is 3.71. The molecule has 0 aliphatic rings. The minimum atomic E-state index is -4.51. The Balaban J connectivity index is 1.92. The molecular weight excluding hydrogens is 391 g/mol. The molecule has 0 radical (unpaired) electrons. The summed E-state index contributed by atoms with van der Waals surface area (Å²) in [5, 5.41) is 8.60. The molecule has 138 valence electrons. The largest absolute Gasteiger partial charge is 0.408 e. The Kier molecular flexibility index (Phi) is 5.00. The summed E-state index contributed by atoms with van der Waals surface area (Å²) in [5.74, 6) is 0. The van der Waals surface area contributed by atoms with Crippen LogP contribution in [-0.2, 0) is 7.05 Å². The van der Waals surface area contributed by atoms with E-state index in [0.29, 0.717) is 10.7 Å². The Morgan fingerprint density at radius 1 is 1.15 bits per heavy atom. The van der Waals surface area contributed by atoms with E-state index in [1.54, 1.807) is 0 Å². The minimum Gasteiger partial charge on any atom is -0.244 e. The molecule has 0 unspecified atom stereocenters. The van der Waals surface area contributed by atoms with E-state index in [1.807, 2.05) is 0 Å². The van der Waals surface area contributed by atoms with Gasteiger partial charge in [0.2, 0.25) is 0 Å². The van der Waals surface area contributed by atoms with Crippen LogP contribution >= 0.6 is 23.5 Å². The molecule has 0 amide bonds. The zero-order valence-corrected chi connectivity index (χ0v) is 15.2. The second kappa shape index (κ2) is 6.93. The van der Waals surface area contributed by atoms with Gasteiger partial charge in [-0.3, -0.25) is 0 Å². The lowest BCUT2D eigenvalue weighted by atomic mass is 10.1. The van der Waals surface area contributed by atoms with Gasteiger partial charge < -0.3 is 0 Å². The molecule has 6 nitrogen and oxygen atoms in total. The van der Waals surface area contributed by atoms with Crippen molar-refractivity contribution in [2.75, 3.05) is 7.05 Å². The van der Waals surface area contributed by atoms with Crippen molar-refractivity contribution >= 4 is 29.2 Å². The first-order valence-electron chi connectivity index (χ1n) is 7.33. The normalized spacial score (nSPS) is 13.5. The number of benzene rings is 1. The minimum absolute atomic E-state index is 0.0523. The maximum absolute atomic E-state index is 13.6. The third-order valence-electron chi connectivity index (χ3n) is 3.60. The molecule has 0 saturated heterocycles. The SMILES string of the molecule is CN(Sc1ccc2nn(C)c(=O)n2n1)[C@H](c1ccc(Cl)cc1)C(F)(F)F. The fourth-order valence-electron chi connectivity index (χ4n) is 2.45. The Morgan fingerprint density at radius 2 is 1.81 bits per heavy atom. The van der Waals surface area contributed by atoms with E-state index in [4.69, 9.17) is 11.6 Å². The second-order valence-electron chi connectivity index (χ2n) is 5.48. The van der Waals surface area contributed by atoms with Crippen LogP contribution in [0.5, 0.6) is 0 Å². The molecule has 0 saturated carbocycles. The summed E-state index contributed by atoms with van der Waals surface area (Å²) in [6.07, 6.45) is -4.51. The monoisotopic (exact) mass is 403 g/mol. The van der Waals surface area contributed by atoms with Gasteiger partial charge in [-0.15, -0.1) is 5.10 Å². The van der Waals surface area contributed by atoms with E-state index >= 15 is 0 Å². The van der Waals surface area contributed by atoms with Crippen LogP contribution in [0, 0.1) is 0 Å². The van der Waals surface area contributed by atoms with Gasteiger partial charge in [0.05, 0.1) is 0 Å². The maximum atomic E-state index is 13.6. The van der Waals surface area contributed by atoms with Crippen LogP contribution < -0.4 is 5.69 Å². The zero-order chi connectivity index (χ0) is 19.1. The molecule has 0 fully saturated rings. The molecule has 1 atom stereocenters. The van der Waals surface area contributed by atoms with Crippen molar-refractivity contribution in [1.82, 2.24) is 23.7 Å². The Morgan fingerprint density at radius 3 is 2.42 bits per heavy atom. The van der Waals surface area contributed by atoms with E-state index in [0.717, 1.165) is 25.5 Å². The summed E-state index contributed by atoms with van der Waals surface area (Å²) in [6, 6.07) is 6.65. The van der Waals surface area contributed by atoms with Crippen LogP contribution in [0.25, 0.3) is 5.65 Å². The number of halogens is 4. The Bertz CT molecular complexity index is 986. The van der Waals surface area contributed by atoms with E-state index in [-0.39, 0.29) is 10.6 Å². The summed E-state index contributed by atoms with van der Waals surface area (Å²) in [6.45, 7) is 0. The number of hydrogen-bond donors (Lipinski definition) is 0. The fourth-order valence-corrected chi connectivity index (χ4v) is 3.46. The van der Waals surface area contributed by atoms with Crippen molar-refractivity contribution in [3.05, 3.63) is 57.5 Å². The average molecular weight is 404 g/mol. The molecule has 0 N–H and O–H groups in total. The molecule has 2 heterocycles. The molecule has 0 aliphatic carbocycles. The highest BCUT2D eigenvalue weighted by Crippen LogP contribution is 2.41. The summed E-state index contributed by atoms with van der Waals surface area (Å²) in [5.41, 5.74) is -0.110. The molecule has 2 aromatic heterocycles. The van der Waals surface area contributed by atoms with E-state index in [1.165, 1.54) is 50.5 Å². The van der Waals surface area contributed by atoms with Crippen LogP contribution in [0.4, 0.5) is 13.2 Å². The molecule has 0 bridgehead atoms. The zero-order valence-electron chi connectivity index (χ0n) is 13.6. The first kappa shape index (κ1) is 18.7. The van der Waals surface area contributed by atoms with Gasteiger partial charge in [0.25, 0.3) is 0 Å². The van der Waals surface area contributed by atoms with Crippen LogP contribution in [0.2, 0.25) is 5.02 Å². The standard InChI is InChI=1S/C15H13ClF3N5OS/c1-22-14(25)24-11(20-22)7-8-12(21-24)26-23(2)13(15(17,18)19)9-3-5-10(16)6-4-9/h3-8,13H,1-2H3/t13-/m1/s1. The van der Waals surface area contributed by atoms with Crippen LogP contribution in [0.1, 0.15) is 11.6 Å². The van der Waals surface area contributed by atoms with Gasteiger partial charge in [0, 0.05) is 12.1 Å². The van der Waals surface area contributed by atoms with Gasteiger partial charge in [-0.25, -0.2) is 13.8 Å². The lowest BCUT2D eigenvalue weighted by Crippen LogP contribution is -2.32. The molecule has 0 aliphatic heterocycles. The number of hydrogen-bond acceptors (Lipinski definition) is 5. The van der Waals surface area contributed by atoms with Gasteiger partial charge in [-0.1, -0.05) is 23.7 Å². The Labute approximate surface area is 155 Å². The number of aromatic nitrogens is 4. The first-order valence-corrected chi connectivity index (χ1v) is 8.48. The predicted octanol–water partition coefficient (Wildman–Crippen LogP) is 3.32. The van der Waals surface area contributed by atoms with Crippen molar-refractivity contribution in [2.24, 2.45) is 7.05 Å². The Hall–Kier alpha value is -2.04. The van der Waals surface area contributed by atoms with Crippen molar-refractivity contribution in [3.63, 3.8) is 0 Å². The number of fused-ring (bicyclic) bond motifs is 1. The van der Waals surface area contributed by atoms with Gasteiger partial charge in [-0.05, 0) is 48.8 Å². The molecule has 26 heavy (non-hydrogen) atoms. The highest BCUT2D eigenvalue weighted by molar-refractivity contribution is 7.97. The second-order valence-corrected chi connectivity index (χ2v) is 7.09. The van der Waals surface area contributed by atoms with E-state index in [9.17, 15) is 18.0 Å². The number of alkyl halides is 3. The topological polar surface area (TPSA) is 55.4 Å². The highest BCUT2D eigenvalue weighted by Gasteiger charge is 2.44. The average Bonchev–Trinajstić information content (AvgIpc) is 2.83. The summed E-state index contributed by atoms with van der Waals surface area (Å²) >= 11 is 6.54. The molecule has 0 spiro atoms.